The topological polar surface area (TPSA) is 64.6 Å². The molecule has 0 unspecified atom stereocenters. The van der Waals surface area contributed by atoms with Crippen molar-refractivity contribution in [2.75, 3.05) is 6.54 Å². The quantitative estimate of drug-likeness (QED) is 0.242. The largest absolute Gasteiger partial charge is 0.463 e. The lowest BCUT2D eigenvalue weighted by atomic mass is 10.1. The number of carbonyl (C=O) groups excluding carboxylic acids is 2. The molecule has 0 aliphatic carbocycles. The monoisotopic (exact) mass is 399 g/mol. The Hall–Kier alpha value is -1.10. The molecular formula is C23H45NO4. The van der Waals surface area contributed by atoms with Crippen molar-refractivity contribution in [3.05, 3.63) is 0 Å². The minimum atomic E-state index is -0.444. The zero-order valence-electron chi connectivity index (χ0n) is 19.1. The first-order valence-corrected chi connectivity index (χ1v) is 11.5. The van der Waals surface area contributed by atoms with E-state index in [0.29, 0.717) is 6.42 Å². The molecule has 28 heavy (non-hydrogen) atoms. The van der Waals surface area contributed by atoms with E-state index in [1.165, 1.54) is 57.8 Å². The second kappa shape index (κ2) is 18.0. The Bertz CT molecular complexity index is 396. The lowest BCUT2D eigenvalue weighted by molar-refractivity contribution is -0.151. The maximum Gasteiger partial charge on any atom is 0.323 e. The summed E-state index contributed by atoms with van der Waals surface area (Å²) in [6, 6.07) is -0.444. The van der Waals surface area contributed by atoms with Gasteiger partial charge in [0.1, 0.15) is 6.04 Å². The van der Waals surface area contributed by atoms with Gasteiger partial charge in [0.15, 0.2) is 0 Å². The van der Waals surface area contributed by atoms with E-state index in [-0.39, 0.29) is 30.6 Å². The van der Waals surface area contributed by atoms with Crippen LogP contribution in [0.1, 0.15) is 112 Å². The van der Waals surface area contributed by atoms with Gasteiger partial charge in [-0.25, -0.2) is 0 Å². The molecule has 0 saturated heterocycles. The maximum atomic E-state index is 12.3. The summed E-state index contributed by atoms with van der Waals surface area (Å²) in [5.41, 5.74) is 0. The maximum absolute atomic E-state index is 12.3. The first-order chi connectivity index (χ1) is 13.4. The molecule has 0 aromatic heterocycles. The minimum absolute atomic E-state index is 0.131. The van der Waals surface area contributed by atoms with E-state index in [2.05, 4.69) is 12.2 Å². The third kappa shape index (κ3) is 17.0. The van der Waals surface area contributed by atoms with Crippen LogP contribution >= 0.6 is 0 Å². The molecule has 0 bridgehead atoms. The van der Waals surface area contributed by atoms with E-state index >= 15 is 0 Å². The van der Waals surface area contributed by atoms with E-state index in [1.54, 1.807) is 0 Å². The van der Waals surface area contributed by atoms with Crippen molar-refractivity contribution in [1.82, 2.24) is 5.32 Å². The molecule has 0 fully saturated rings. The molecule has 0 saturated carbocycles. The van der Waals surface area contributed by atoms with Gasteiger partial charge in [0.2, 0.25) is 0 Å². The summed E-state index contributed by atoms with van der Waals surface area (Å²) in [6.45, 7) is 10.3. The molecule has 0 rings (SSSR count). The summed E-state index contributed by atoms with van der Waals surface area (Å²) in [5, 5.41) is 3.28. The number of rotatable bonds is 18. The molecule has 0 radical (unpaired) electrons. The van der Waals surface area contributed by atoms with Gasteiger partial charge in [-0.15, -0.1) is 0 Å². The van der Waals surface area contributed by atoms with Crippen LogP contribution in [0.5, 0.6) is 0 Å². The summed E-state index contributed by atoms with van der Waals surface area (Å²) < 4.78 is 10.5. The smallest absolute Gasteiger partial charge is 0.323 e. The average molecular weight is 400 g/mol. The molecule has 0 aliphatic rings. The summed E-state index contributed by atoms with van der Waals surface area (Å²) in [6.07, 6.45) is 13.2. The molecular weight excluding hydrogens is 354 g/mol. The lowest BCUT2D eigenvalue weighted by Gasteiger charge is -2.19. The molecule has 0 aliphatic heterocycles. The number of nitrogens with one attached hydrogen (secondary N) is 1. The van der Waals surface area contributed by atoms with Gasteiger partial charge in [-0.1, -0.05) is 64.7 Å². The fourth-order valence-electron chi connectivity index (χ4n) is 3.09. The highest BCUT2D eigenvalue weighted by atomic mass is 16.5. The van der Waals surface area contributed by atoms with E-state index in [1.807, 2.05) is 27.7 Å². The number of unbranched alkanes of at least 4 members (excludes halogenated alkanes) is 9. The fourth-order valence-corrected chi connectivity index (χ4v) is 3.09. The number of esters is 2. The van der Waals surface area contributed by atoms with Crippen molar-refractivity contribution >= 4 is 11.9 Å². The highest BCUT2D eigenvalue weighted by molar-refractivity contribution is 5.77. The van der Waals surface area contributed by atoms with Crippen LogP contribution < -0.4 is 5.32 Å². The fraction of sp³-hybridized carbons (Fsp3) is 0.913. The van der Waals surface area contributed by atoms with Crippen LogP contribution in [0, 0.1) is 0 Å². The van der Waals surface area contributed by atoms with Gasteiger partial charge in [0.25, 0.3) is 0 Å². The summed E-state index contributed by atoms with van der Waals surface area (Å²) >= 11 is 0. The third-order valence-corrected chi connectivity index (χ3v) is 4.56. The molecule has 0 aromatic carbocycles. The predicted octanol–water partition coefficient (Wildman–Crippen LogP) is 5.55. The average Bonchev–Trinajstić information content (AvgIpc) is 2.60. The van der Waals surface area contributed by atoms with Gasteiger partial charge < -0.3 is 14.8 Å². The van der Waals surface area contributed by atoms with Gasteiger partial charge in [-0.05, 0) is 47.1 Å². The SMILES string of the molecule is CCCCCCCCCCCCN[C@@H](CCC(=O)OC(C)C)C(=O)OC(C)C. The summed E-state index contributed by atoms with van der Waals surface area (Å²) in [5.74, 6) is -0.544. The van der Waals surface area contributed by atoms with Crippen molar-refractivity contribution in [2.24, 2.45) is 0 Å². The number of ether oxygens (including phenoxy) is 2. The summed E-state index contributed by atoms with van der Waals surface area (Å²) in [7, 11) is 0. The van der Waals surface area contributed by atoms with E-state index < -0.39 is 6.04 Å². The Morgan fingerprint density at radius 1 is 0.750 bits per heavy atom. The van der Waals surface area contributed by atoms with Crippen molar-refractivity contribution in [2.45, 2.75) is 130 Å². The van der Waals surface area contributed by atoms with E-state index in [9.17, 15) is 9.59 Å². The lowest BCUT2D eigenvalue weighted by Crippen LogP contribution is -2.40. The standard InChI is InChI=1S/C23H45NO4/c1-6-7-8-9-10-11-12-13-14-15-18-24-21(23(26)28-20(4)5)16-17-22(25)27-19(2)3/h19-21,24H,6-18H2,1-5H3/t21-/m0/s1. The van der Waals surface area contributed by atoms with Gasteiger partial charge in [0, 0.05) is 6.42 Å². The van der Waals surface area contributed by atoms with Gasteiger partial charge in [-0.2, -0.15) is 0 Å². The van der Waals surface area contributed by atoms with Gasteiger partial charge in [-0.3, -0.25) is 9.59 Å². The Balaban J connectivity index is 3.98. The highest BCUT2D eigenvalue weighted by Crippen LogP contribution is 2.11. The molecule has 1 N–H and O–H groups in total. The van der Waals surface area contributed by atoms with Crippen LogP contribution in [0.2, 0.25) is 0 Å². The second-order valence-electron chi connectivity index (χ2n) is 8.25. The van der Waals surface area contributed by atoms with Gasteiger partial charge in [0.05, 0.1) is 12.2 Å². The molecule has 1 atom stereocenters. The highest BCUT2D eigenvalue weighted by Gasteiger charge is 2.22. The van der Waals surface area contributed by atoms with Crippen molar-refractivity contribution in [3.63, 3.8) is 0 Å². The van der Waals surface area contributed by atoms with Gasteiger partial charge >= 0.3 is 11.9 Å². The van der Waals surface area contributed by atoms with Crippen LogP contribution in [0.25, 0.3) is 0 Å². The molecule has 0 heterocycles. The first-order valence-electron chi connectivity index (χ1n) is 11.5. The van der Waals surface area contributed by atoms with Crippen molar-refractivity contribution < 1.29 is 19.1 Å². The number of carbonyl (C=O) groups is 2. The molecule has 0 aromatic rings. The van der Waals surface area contributed by atoms with Crippen LogP contribution in [0.4, 0.5) is 0 Å². The van der Waals surface area contributed by atoms with Crippen LogP contribution in [-0.4, -0.2) is 36.7 Å². The molecule has 0 amide bonds. The Morgan fingerprint density at radius 3 is 1.75 bits per heavy atom. The first kappa shape index (κ1) is 26.9. The van der Waals surface area contributed by atoms with Crippen LogP contribution in [0.15, 0.2) is 0 Å². The molecule has 5 heteroatoms. The molecule has 166 valence electrons. The predicted molar refractivity (Wildman–Crippen MR) is 115 cm³/mol. The van der Waals surface area contributed by atoms with E-state index in [4.69, 9.17) is 9.47 Å². The van der Waals surface area contributed by atoms with Crippen LogP contribution in [0.3, 0.4) is 0 Å². The van der Waals surface area contributed by atoms with Crippen molar-refractivity contribution in [1.29, 1.82) is 0 Å². The molecule has 5 nitrogen and oxygen atoms in total. The zero-order valence-corrected chi connectivity index (χ0v) is 19.1. The van der Waals surface area contributed by atoms with Crippen molar-refractivity contribution in [3.8, 4) is 0 Å². The van der Waals surface area contributed by atoms with E-state index in [0.717, 1.165) is 13.0 Å². The Kier molecular flexibility index (Phi) is 17.3. The normalized spacial score (nSPS) is 12.4. The molecule has 0 spiro atoms. The van der Waals surface area contributed by atoms with Crippen LogP contribution in [-0.2, 0) is 19.1 Å². The number of hydrogen-bond donors (Lipinski definition) is 1. The summed E-state index contributed by atoms with van der Waals surface area (Å²) in [4.78, 5) is 24.0. The Morgan fingerprint density at radius 2 is 1.25 bits per heavy atom. The number of hydrogen-bond acceptors (Lipinski definition) is 5. The minimum Gasteiger partial charge on any atom is -0.463 e. The Labute approximate surface area is 173 Å². The second-order valence-corrected chi connectivity index (χ2v) is 8.25. The zero-order chi connectivity index (χ0) is 21.2. The third-order valence-electron chi connectivity index (χ3n) is 4.56.